The summed E-state index contributed by atoms with van der Waals surface area (Å²) in [6.45, 7) is 6.99. The van der Waals surface area contributed by atoms with E-state index in [1.165, 1.54) is 5.56 Å². The Hall–Kier alpha value is -2.53. The van der Waals surface area contributed by atoms with Crippen LogP contribution in [0.15, 0.2) is 48.5 Å². The highest BCUT2D eigenvalue weighted by molar-refractivity contribution is 5.76. The monoisotopic (exact) mass is 382 g/mol. The van der Waals surface area contributed by atoms with E-state index in [9.17, 15) is 4.79 Å². The molecule has 150 valence electrons. The summed E-state index contributed by atoms with van der Waals surface area (Å²) in [6.07, 6.45) is 1.30. The zero-order valence-electron chi connectivity index (χ0n) is 16.9. The zero-order valence-corrected chi connectivity index (χ0v) is 16.9. The molecule has 1 fully saturated rings. The second-order valence-electron chi connectivity index (χ2n) is 7.23. The maximum Gasteiger partial charge on any atom is 0.222 e. The van der Waals surface area contributed by atoms with Gasteiger partial charge in [-0.25, -0.2) is 0 Å². The number of carbonyl (C=O) groups excluding carboxylic acids is 1. The highest BCUT2D eigenvalue weighted by Crippen LogP contribution is 2.20. The van der Waals surface area contributed by atoms with Crippen molar-refractivity contribution in [2.75, 3.05) is 39.9 Å². The predicted molar refractivity (Wildman–Crippen MR) is 111 cm³/mol. The normalized spacial score (nSPS) is 14.7. The molecule has 1 heterocycles. The number of para-hydroxylation sites is 1. The van der Waals surface area contributed by atoms with Gasteiger partial charge in [0.05, 0.1) is 13.7 Å². The number of rotatable bonds is 8. The van der Waals surface area contributed by atoms with Crippen LogP contribution < -0.4 is 9.47 Å². The molecule has 5 heteroatoms. The molecule has 0 spiro atoms. The van der Waals surface area contributed by atoms with E-state index in [1.807, 2.05) is 41.3 Å². The maximum absolute atomic E-state index is 12.4. The molecule has 0 aromatic heterocycles. The van der Waals surface area contributed by atoms with Crippen LogP contribution in [0.3, 0.4) is 0 Å². The third-order valence-electron chi connectivity index (χ3n) is 5.14. The molecule has 0 N–H and O–H groups in total. The first-order chi connectivity index (χ1) is 13.7. The SMILES string of the molecule is COc1ccc(CN2CCN(C(=O)CCCOc3ccccc3)CC2)cc1C. The van der Waals surface area contributed by atoms with Crippen molar-refractivity contribution < 1.29 is 14.3 Å². The molecule has 0 unspecified atom stereocenters. The Morgan fingerprint density at radius 1 is 1.04 bits per heavy atom. The van der Waals surface area contributed by atoms with Crippen molar-refractivity contribution in [1.82, 2.24) is 9.80 Å². The van der Waals surface area contributed by atoms with Crippen LogP contribution in [0.25, 0.3) is 0 Å². The summed E-state index contributed by atoms with van der Waals surface area (Å²) in [7, 11) is 1.70. The fraction of sp³-hybridized carbons (Fsp3) is 0.435. The summed E-state index contributed by atoms with van der Waals surface area (Å²) < 4.78 is 11.0. The molecule has 1 aliphatic heterocycles. The lowest BCUT2D eigenvalue weighted by molar-refractivity contribution is -0.133. The number of carbonyl (C=O) groups is 1. The maximum atomic E-state index is 12.4. The number of piperazine rings is 1. The largest absolute Gasteiger partial charge is 0.496 e. The van der Waals surface area contributed by atoms with Crippen LogP contribution in [-0.4, -0.2) is 55.6 Å². The van der Waals surface area contributed by atoms with E-state index in [0.29, 0.717) is 13.0 Å². The highest BCUT2D eigenvalue weighted by Gasteiger charge is 2.20. The van der Waals surface area contributed by atoms with E-state index in [1.54, 1.807) is 7.11 Å². The number of methoxy groups -OCH3 is 1. The van der Waals surface area contributed by atoms with E-state index in [2.05, 4.69) is 24.0 Å². The Morgan fingerprint density at radius 2 is 1.79 bits per heavy atom. The summed E-state index contributed by atoms with van der Waals surface area (Å²) in [5, 5.41) is 0. The van der Waals surface area contributed by atoms with E-state index >= 15 is 0 Å². The van der Waals surface area contributed by atoms with Crippen molar-refractivity contribution in [3.63, 3.8) is 0 Å². The lowest BCUT2D eigenvalue weighted by atomic mass is 10.1. The molecule has 5 nitrogen and oxygen atoms in total. The molecule has 1 aliphatic rings. The summed E-state index contributed by atoms with van der Waals surface area (Å²) >= 11 is 0. The second-order valence-corrected chi connectivity index (χ2v) is 7.23. The third-order valence-corrected chi connectivity index (χ3v) is 5.14. The molecule has 0 bridgehead atoms. The van der Waals surface area contributed by atoms with Gasteiger partial charge in [-0.15, -0.1) is 0 Å². The van der Waals surface area contributed by atoms with Crippen molar-refractivity contribution in [2.24, 2.45) is 0 Å². The summed E-state index contributed by atoms with van der Waals surface area (Å²) in [5.41, 5.74) is 2.45. The van der Waals surface area contributed by atoms with Gasteiger partial charge >= 0.3 is 0 Å². The van der Waals surface area contributed by atoms with E-state index in [-0.39, 0.29) is 5.91 Å². The first kappa shape index (κ1) is 20.2. The molecule has 1 saturated heterocycles. The van der Waals surface area contributed by atoms with Crippen molar-refractivity contribution >= 4 is 5.91 Å². The van der Waals surface area contributed by atoms with E-state index in [4.69, 9.17) is 9.47 Å². The Morgan fingerprint density at radius 3 is 2.46 bits per heavy atom. The number of amides is 1. The predicted octanol–water partition coefficient (Wildman–Crippen LogP) is 3.51. The van der Waals surface area contributed by atoms with Gasteiger partial charge in [0.15, 0.2) is 0 Å². The summed E-state index contributed by atoms with van der Waals surface area (Å²) in [5.74, 6) is 2.02. The van der Waals surface area contributed by atoms with Crippen molar-refractivity contribution in [3.05, 3.63) is 59.7 Å². The fourth-order valence-electron chi connectivity index (χ4n) is 3.54. The second kappa shape index (κ2) is 10.1. The Bertz CT molecular complexity index is 756. The van der Waals surface area contributed by atoms with Gasteiger partial charge in [-0.2, -0.15) is 0 Å². The number of nitrogens with zero attached hydrogens (tertiary/aromatic N) is 2. The van der Waals surface area contributed by atoms with Gasteiger partial charge < -0.3 is 14.4 Å². The fourth-order valence-corrected chi connectivity index (χ4v) is 3.54. The smallest absolute Gasteiger partial charge is 0.222 e. The number of ether oxygens (including phenoxy) is 2. The molecule has 0 aliphatic carbocycles. The lowest BCUT2D eigenvalue weighted by Crippen LogP contribution is -2.48. The number of hydrogen-bond acceptors (Lipinski definition) is 4. The van der Waals surface area contributed by atoms with Crippen LogP contribution in [0.2, 0.25) is 0 Å². The molecule has 0 radical (unpaired) electrons. The van der Waals surface area contributed by atoms with Gasteiger partial charge in [0.2, 0.25) is 5.91 Å². The Kier molecular flexibility index (Phi) is 7.31. The van der Waals surface area contributed by atoms with Gasteiger partial charge in [-0.05, 0) is 42.7 Å². The van der Waals surface area contributed by atoms with Gasteiger partial charge in [0.1, 0.15) is 11.5 Å². The third kappa shape index (κ3) is 5.73. The summed E-state index contributed by atoms with van der Waals surface area (Å²) in [4.78, 5) is 16.8. The van der Waals surface area contributed by atoms with Crippen LogP contribution in [0, 0.1) is 6.92 Å². The molecule has 0 saturated carbocycles. The molecular weight excluding hydrogens is 352 g/mol. The molecule has 28 heavy (non-hydrogen) atoms. The van der Waals surface area contributed by atoms with Crippen LogP contribution >= 0.6 is 0 Å². The minimum atomic E-state index is 0.233. The average molecular weight is 383 g/mol. The first-order valence-corrected chi connectivity index (χ1v) is 9.97. The topological polar surface area (TPSA) is 42.0 Å². The van der Waals surface area contributed by atoms with Crippen molar-refractivity contribution in [3.8, 4) is 11.5 Å². The van der Waals surface area contributed by atoms with Gasteiger partial charge in [0.25, 0.3) is 0 Å². The lowest BCUT2D eigenvalue weighted by Gasteiger charge is -2.35. The average Bonchev–Trinajstić information content (AvgIpc) is 2.72. The summed E-state index contributed by atoms with van der Waals surface area (Å²) in [6, 6.07) is 16.1. The molecule has 2 aromatic carbocycles. The zero-order chi connectivity index (χ0) is 19.8. The van der Waals surface area contributed by atoms with E-state index < -0.39 is 0 Å². The molecule has 1 amide bonds. The van der Waals surface area contributed by atoms with Gasteiger partial charge in [0, 0.05) is 39.1 Å². The van der Waals surface area contributed by atoms with Gasteiger partial charge in [-0.1, -0.05) is 30.3 Å². The van der Waals surface area contributed by atoms with Gasteiger partial charge in [-0.3, -0.25) is 9.69 Å². The van der Waals surface area contributed by atoms with Crippen LogP contribution in [0.4, 0.5) is 0 Å². The Balaban J connectivity index is 1.36. The molecular formula is C23H30N2O3. The van der Waals surface area contributed by atoms with E-state index in [0.717, 1.165) is 56.2 Å². The minimum Gasteiger partial charge on any atom is -0.496 e. The van der Waals surface area contributed by atoms with Crippen LogP contribution in [0.5, 0.6) is 11.5 Å². The van der Waals surface area contributed by atoms with Crippen LogP contribution in [0.1, 0.15) is 24.0 Å². The molecule has 3 rings (SSSR count). The first-order valence-electron chi connectivity index (χ1n) is 9.97. The number of benzene rings is 2. The van der Waals surface area contributed by atoms with Crippen LogP contribution in [-0.2, 0) is 11.3 Å². The number of hydrogen-bond donors (Lipinski definition) is 0. The highest BCUT2D eigenvalue weighted by atomic mass is 16.5. The molecule has 0 atom stereocenters. The Labute approximate surface area is 167 Å². The number of aryl methyl sites for hydroxylation is 1. The quantitative estimate of drug-likeness (QED) is 0.655. The van der Waals surface area contributed by atoms with Crippen molar-refractivity contribution in [2.45, 2.75) is 26.3 Å². The standard InChI is InChI=1S/C23H30N2O3/c1-19-17-20(10-11-22(19)27-2)18-24-12-14-25(15-13-24)23(26)9-6-16-28-21-7-4-3-5-8-21/h3-5,7-8,10-11,17H,6,9,12-16,18H2,1-2H3. The minimum absolute atomic E-state index is 0.233. The van der Waals surface area contributed by atoms with Crippen molar-refractivity contribution in [1.29, 1.82) is 0 Å². The molecule has 2 aromatic rings.